The summed E-state index contributed by atoms with van der Waals surface area (Å²) in [6.07, 6.45) is 3.48. The van der Waals surface area contributed by atoms with Crippen molar-refractivity contribution < 1.29 is 4.79 Å². The van der Waals surface area contributed by atoms with Gasteiger partial charge in [0.2, 0.25) is 0 Å². The van der Waals surface area contributed by atoms with E-state index >= 15 is 0 Å². The highest BCUT2D eigenvalue weighted by molar-refractivity contribution is 14.0. The fourth-order valence-corrected chi connectivity index (χ4v) is 3.90. The van der Waals surface area contributed by atoms with E-state index < -0.39 is 0 Å². The van der Waals surface area contributed by atoms with E-state index in [0.717, 1.165) is 43.1 Å². The first-order valence-electron chi connectivity index (χ1n) is 11.7. The Labute approximate surface area is 215 Å². The first-order valence-corrected chi connectivity index (χ1v) is 11.7. The van der Waals surface area contributed by atoms with E-state index in [1.165, 1.54) is 37.1 Å². The van der Waals surface area contributed by atoms with Crippen LogP contribution in [0.4, 0.5) is 0 Å². The van der Waals surface area contributed by atoms with Crippen molar-refractivity contribution in [3.8, 4) is 0 Å². The zero-order chi connectivity index (χ0) is 22.8. The second-order valence-corrected chi connectivity index (χ2v) is 8.57. The number of benzene rings is 2. The fourth-order valence-electron chi connectivity index (χ4n) is 3.90. The van der Waals surface area contributed by atoms with Gasteiger partial charge in [-0.15, -0.1) is 24.0 Å². The van der Waals surface area contributed by atoms with E-state index in [4.69, 9.17) is 4.99 Å². The van der Waals surface area contributed by atoms with E-state index in [-0.39, 0.29) is 29.9 Å². The van der Waals surface area contributed by atoms with Gasteiger partial charge in [0.05, 0.1) is 6.54 Å². The highest BCUT2D eigenvalue weighted by Crippen LogP contribution is 2.14. The largest absolute Gasteiger partial charge is 0.357 e. The minimum Gasteiger partial charge on any atom is -0.357 e. The van der Waals surface area contributed by atoms with Crippen LogP contribution in [0.1, 0.15) is 46.8 Å². The van der Waals surface area contributed by atoms with Gasteiger partial charge in [-0.3, -0.25) is 9.69 Å². The SMILES string of the molecule is CCNC(=NCc1ccc(CN2CCCC2)cc1)NCCc1cccc(C(=O)N(C)C)c1.I. The van der Waals surface area contributed by atoms with Crippen LogP contribution in [0.15, 0.2) is 53.5 Å². The molecule has 2 aromatic carbocycles. The maximum Gasteiger partial charge on any atom is 0.253 e. The molecule has 2 aromatic rings. The third kappa shape index (κ3) is 8.97. The van der Waals surface area contributed by atoms with Crippen LogP contribution in [-0.4, -0.2) is 61.9 Å². The molecular formula is C26H38IN5O. The molecule has 7 heteroatoms. The molecule has 180 valence electrons. The molecule has 1 fully saturated rings. The van der Waals surface area contributed by atoms with Crippen LogP contribution in [-0.2, 0) is 19.5 Å². The van der Waals surface area contributed by atoms with E-state index in [2.05, 4.69) is 52.8 Å². The summed E-state index contributed by atoms with van der Waals surface area (Å²) in [7, 11) is 3.55. The summed E-state index contributed by atoms with van der Waals surface area (Å²) in [5.74, 6) is 0.843. The Morgan fingerprint density at radius 2 is 1.70 bits per heavy atom. The van der Waals surface area contributed by atoms with Gasteiger partial charge in [0, 0.05) is 39.3 Å². The zero-order valence-electron chi connectivity index (χ0n) is 20.1. The molecular weight excluding hydrogens is 525 g/mol. The normalized spacial score (nSPS) is 14.0. The van der Waals surface area contributed by atoms with E-state index in [0.29, 0.717) is 6.54 Å². The van der Waals surface area contributed by atoms with Crippen LogP contribution in [0, 0.1) is 0 Å². The molecule has 6 nitrogen and oxygen atoms in total. The molecule has 1 aliphatic rings. The molecule has 1 amide bonds. The van der Waals surface area contributed by atoms with Crippen LogP contribution in [0.5, 0.6) is 0 Å². The van der Waals surface area contributed by atoms with Crippen LogP contribution < -0.4 is 10.6 Å². The summed E-state index contributed by atoms with van der Waals surface area (Å²) >= 11 is 0. The molecule has 33 heavy (non-hydrogen) atoms. The smallest absolute Gasteiger partial charge is 0.253 e. The quantitative estimate of drug-likeness (QED) is 0.276. The number of rotatable bonds is 9. The maximum absolute atomic E-state index is 12.2. The number of halogens is 1. The van der Waals surface area contributed by atoms with Crippen molar-refractivity contribution in [2.24, 2.45) is 4.99 Å². The van der Waals surface area contributed by atoms with Crippen molar-refractivity contribution in [1.29, 1.82) is 0 Å². The molecule has 0 bridgehead atoms. The molecule has 0 saturated carbocycles. The summed E-state index contributed by atoms with van der Waals surface area (Å²) in [6, 6.07) is 16.7. The van der Waals surface area contributed by atoms with Gasteiger partial charge in [0.15, 0.2) is 5.96 Å². The van der Waals surface area contributed by atoms with Gasteiger partial charge in [-0.25, -0.2) is 4.99 Å². The molecule has 0 aromatic heterocycles. The third-order valence-electron chi connectivity index (χ3n) is 5.68. The summed E-state index contributed by atoms with van der Waals surface area (Å²) < 4.78 is 0. The molecule has 1 saturated heterocycles. The number of nitrogens with one attached hydrogen (secondary N) is 2. The number of likely N-dealkylation sites (tertiary alicyclic amines) is 1. The second-order valence-electron chi connectivity index (χ2n) is 8.57. The Kier molecular flexibility index (Phi) is 11.7. The summed E-state index contributed by atoms with van der Waals surface area (Å²) in [4.78, 5) is 21.0. The highest BCUT2D eigenvalue weighted by atomic mass is 127. The number of amides is 1. The molecule has 0 spiro atoms. The van der Waals surface area contributed by atoms with Crippen molar-refractivity contribution in [3.63, 3.8) is 0 Å². The lowest BCUT2D eigenvalue weighted by Crippen LogP contribution is -2.38. The lowest BCUT2D eigenvalue weighted by atomic mass is 10.1. The Hall–Kier alpha value is -2.13. The van der Waals surface area contributed by atoms with Gasteiger partial charge in [0.25, 0.3) is 5.91 Å². The third-order valence-corrected chi connectivity index (χ3v) is 5.68. The predicted octanol–water partition coefficient (Wildman–Crippen LogP) is 3.90. The van der Waals surface area contributed by atoms with Crippen LogP contribution in [0.3, 0.4) is 0 Å². The topological polar surface area (TPSA) is 60.0 Å². The number of carbonyl (C=O) groups excluding carboxylic acids is 1. The Morgan fingerprint density at radius 1 is 1.00 bits per heavy atom. The van der Waals surface area contributed by atoms with Crippen molar-refractivity contribution in [3.05, 3.63) is 70.8 Å². The van der Waals surface area contributed by atoms with Crippen molar-refractivity contribution in [1.82, 2.24) is 20.4 Å². The minimum atomic E-state index is 0. The summed E-state index contributed by atoms with van der Waals surface area (Å²) in [6.45, 7) is 7.77. The lowest BCUT2D eigenvalue weighted by molar-refractivity contribution is 0.0827. The van der Waals surface area contributed by atoms with Crippen LogP contribution >= 0.6 is 24.0 Å². The minimum absolute atomic E-state index is 0. The van der Waals surface area contributed by atoms with Crippen molar-refractivity contribution >= 4 is 35.8 Å². The standard InChI is InChI=1S/C26H37N5O.HI/c1-4-27-26(28-15-14-21-8-7-9-24(18-21)25(32)30(2)3)29-19-22-10-12-23(13-11-22)20-31-16-5-6-17-31;/h7-13,18H,4-6,14-17,19-20H2,1-3H3,(H2,27,28,29);1H. The number of carbonyl (C=O) groups is 1. The second kappa shape index (κ2) is 14.2. The van der Waals surface area contributed by atoms with E-state index in [1.54, 1.807) is 19.0 Å². The molecule has 0 radical (unpaired) electrons. The predicted molar refractivity (Wildman–Crippen MR) is 147 cm³/mol. The number of hydrogen-bond acceptors (Lipinski definition) is 3. The molecule has 0 atom stereocenters. The molecule has 0 unspecified atom stereocenters. The van der Waals surface area contributed by atoms with Crippen LogP contribution in [0.2, 0.25) is 0 Å². The summed E-state index contributed by atoms with van der Waals surface area (Å²) in [5.41, 5.74) is 4.44. The van der Waals surface area contributed by atoms with Crippen molar-refractivity contribution in [2.75, 3.05) is 40.3 Å². The number of guanidine groups is 1. The van der Waals surface area contributed by atoms with Gasteiger partial charge in [-0.05, 0) is 68.1 Å². The van der Waals surface area contributed by atoms with Gasteiger partial charge < -0.3 is 15.5 Å². The Balaban J connectivity index is 0.00000385. The first kappa shape index (κ1) is 27.1. The van der Waals surface area contributed by atoms with Crippen LogP contribution in [0.25, 0.3) is 0 Å². The maximum atomic E-state index is 12.2. The average Bonchev–Trinajstić information content (AvgIpc) is 3.31. The van der Waals surface area contributed by atoms with Gasteiger partial charge >= 0.3 is 0 Å². The van der Waals surface area contributed by atoms with Crippen molar-refractivity contribution in [2.45, 2.75) is 39.3 Å². The molecule has 1 aliphatic heterocycles. The van der Waals surface area contributed by atoms with E-state index in [1.807, 2.05) is 18.2 Å². The number of hydrogen-bond donors (Lipinski definition) is 2. The first-order chi connectivity index (χ1) is 15.5. The Bertz CT molecular complexity index is 892. The zero-order valence-corrected chi connectivity index (χ0v) is 22.5. The Morgan fingerprint density at radius 3 is 2.36 bits per heavy atom. The van der Waals surface area contributed by atoms with E-state index in [9.17, 15) is 4.79 Å². The van der Waals surface area contributed by atoms with Gasteiger partial charge in [0.1, 0.15) is 0 Å². The van der Waals surface area contributed by atoms with Gasteiger partial charge in [-0.2, -0.15) is 0 Å². The monoisotopic (exact) mass is 563 g/mol. The molecule has 2 N–H and O–H groups in total. The summed E-state index contributed by atoms with van der Waals surface area (Å²) in [5, 5.41) is 6.72. The molecule has 1 heterocycles. The fraction of sp³-hybridized carbons (Fsp3) is 0.462. The molecule has 3 rings (SSSR count). The average molecular weight is 564 g/mol. The van der Waals surface area contributed by atoms with Gasteiger partial charge in [-0.1, -0.05) is 36.4 Å². The lowest BCUT2D eigenvalue weighted by Gasteiger charge is -2.15. The molecule has 0 aliphatic carbocycles. The number of aliphatic imine (C=N–C) groups is 1. The number of nitrogens with zero attached hydrogens (tertiary/aromatic N) is 3. The highest BCUT2D eigenvalue weighted by Gasteiger charge is 2.11.